The summed E-state index contributed by atoms with van der Waals surface area (Å²) in [7, 11) is 1.16. The Balaban J connectivity index is 1.84. The van der Waals surface area contributed by atoms with Crippen molar-refractivity contribution >= 4 is 23.8 Å². The Hall–Kier alpha value is -3.42. The van der Waals surface area contributed by atoms with Crippen LogP contribution < -0.4 is 0 Å². The molecule has 2 amide bonds. The van der Waals surface area contributed by atoms with Crippen molar-refractivity contribution in [1.29, 1.82) is 0 Å². The van der Waals surface area contributed by atoms with Crippen LogP contribution in [0.4, 0.5) is 0 Å². The quantitative estimate of drug-likeness (QED) is 0.624. The summed E-state index contributed by atoms with van der Waals surface area (Å²) >= 11 is 0. The summed E-state index contributed by atoms with van der Waals surface area (Å²) in [4.78, 5) is 52.8. The predicted molar refractivity (Wildman–Crippen MR) is 77.1 cm³/mol. The number of fused-ring (bicyclic) bond motifs is 1. The zero-order valence-corrected chi connectivity index (χ0v) is 12.7. The molecule has 2 heterocycles. The fourth-order valence-corrected chi connectivity index (χ4v) is 2.27. The number of nitrogens with zero attached hydrogens (tertiary/aromatic N) is 1. The van der Waals surface area contributed by atoms with Gasteiger partial charge in [0.05, 0.1) is 18.2 Å². The average molecular weight is 329 g/mol. The Morgan fingerprint density at radius 3 is 2.17 bits per heavy atom. The molecule has 0 unspecified atom stereocenters. The van der Waals surface area contributed by atoms with Gasteiger partial charge in [0.2, 0.25) is 5.76 Å². The van der Waals surface area contributed by atoms with Crippen molar-refractivity contribution in [3.8, 4) is 0 Å². The number of imide groups is 1. The van der Waals surface area contributed by atoms with Crippen molar-refractivity contribution in [1.82, 2.24) is 5.06 Å². The fraction of sp³-hybridized carbons (Fsp3) is 0.125. The Morgan fingerprint density at radius 1 is 1.04 bits per heavy atom. The monoisotopic (exact) mass is 329 g/mol. The number of hydrogen-bond donors (Lipinski definition) is 0. The molecule has 8 heteroatoms. The van der Waals surface area contributed by atoms with E-state index in [1.54, 1.807) is 12.1 Å². The Kier molecular flexibility index (Phi) is 3.64. The first-order valence-electron chi connectivity index (χ1n) is 6.83. The Morgan fingerprint density at radius 2 is 1.62 bits per heavy atom. The number of benzene rings is 1. The molecule has 0 atom stereocenters. The van der Waals surface area contributed by atoms with Crippen LogP contribution in [0.25, 0.3) is 0 Å². The molecule has 122 valence electrons. The van der Waals surface area contributed by atoms with Crippen molar-refractivity contribution < 1.29 is 33.2 Å². The van der Waals surface area contributed by atoms with Crippen molar-refractivity contribution in [3.63, 3.8) is 0 Å². The summed E-state index contributed by atoms with van der Waals surface area (Å²) in [6.45, 7) is 1.44. The SMILES string of the molecule is COC(=O)c1cc(C(=O)ON2C(=O)c3ccccc3C2=O)c(C)o1. The highest BCUT2D eigenvalue weighted by molar-refractivity contribution is 6.21. The second-order valence-corrected chi connectivity index (χ2v) is 4.90. The first-order valence-corrected chi connectivity index (χ1v) is 6.83. The first kappa shape index (κ1) is 15.5. The number of carbonyl (C=O) groups is 4. The summed E-state index contributed by atoms with van der Waals surface area (Å²) in [6, 6.07) is 7.24. The molecule has 8 nitrogen and oxygen atoms in total. The maximum absolute atomic E-state index is 12.2. The summed E-state index contributed by atoms with van der Waals surface area (Å²) in [5.41, 5.74) is 0.205. The van der Waals surface area contributed by atoms with E-state index in [1.165, 1.54) is 19.1 Å². The molecular weight excluding hydrogens is 318 g/mol. The van der Waals surface area contributed by atoms with E-state index in [2.05, 4.69) is 4.74 Å². The van der Waals surface area contributed by atoms with Crippen LogP contribution >= 0.6 is 0 Å². The summed E-state index contributed by atoms with van der Waals surface area (Å²) in [6.07, 6.45) is 0. The molecule has 1 aromatic heterocycles. The van der Waals surface area contributed by atoms with Gasteiger partial charge in [-0.25, -0.2) is 9.59 Å². The van der Waals surface area contributed by atoms with Gasteiger partial charge in [-0.15, -0.1) is 0 Å². The van der Waals surface area contributed by atoms with Crippen LogP contribution in [0, 0.1) is 6.92 Å². The second kappa shape index (κ2) is 5.65. The van der Waals surface area contributed by atoms with Crippen molar-refractivity contribution in [2.45, 2.75) is 6.92 Å². The molecule has 0 fully saturated rings. The number of hydrogen-bond acceptors (Lipinski definition) is 7. The lowest BCUT2D eigenvalue weighted by atomic mass is 10.1. The van der Waals surface area contributed by atoms with E-state index in [1.807, 2.05) is 0 Å². The van der Waals surface area contributed by atoms with Crippen LogP contribution in [0.1, 0.15) is 47.4 Å². The molecule has 1 aromatic carbocycles. The number of rotatable bonds is 3. The largest absolute Gasteiger partial charge is 0.463 e. The maximum atomic E-state index is 12.2. The minimum absolute atomic E-state index is 0.0908. The number of furan rings is 1. The van der Waals surface area contributed by atoms with E-state index in [9.17, 15) is 19.2 Å². The fourth-order valence-electron chi connectivity index (χ4n) is 2.27. The van der Waals surface area contributed by atoms with E-state index >= 15 is 0 Å². The highest BCUT2D eigenvalue weighted by Gasteiger charge is 2.39. The number of carbonyl (C=O) groups excluding carboxylic acids is 4. The lowest BCUT2D eigenvalue weighted by molar-refractivity contribution is -0.0585. The van der Waals surface area contributed by atoms with Gasteiger partial charge in [0.1, 0.15) is 11.3 Å². The van der Waals surface area contributed by atoms with Crippen molar-refractivity contribution in [2.24, 2.45) is 0 Å². The van der Waals surface area contributed by atoms with Gasteiger partial charge in [-0.2, -0.15) is 0 Å². The van der Waals surface area contributed by atoms with Crippen LogP contribution in [-0.2, 0) is 9.57 Å². The maximum Gasteiger partial charge on any atom is 0.373 e. The number of methoxy groups -OCH3 is 1. The van der Waals surface area contributed by atoms with E-state index in [4.69, 9.17) is 9.25 Å². The van der Waals surface area contributed by atoms with Crippen molar-refractivity contribution in [2.75, 3.05) is 7.11 Å². The highest BCUT2D eigenvalue weighted by atomic mass is 16.7. The summed E-state index contributed by atoms with van der Waals surface area (Å²) < 4.78 is 9.60. The van der Waals surface area contributed by atoms with Crippen molar-refractivity contribution in [3.05, 3.63) is 58.5 Å². The van der Waals surface area contributed by atoms with E-state index < -0.39 is 23.8 Å². The molecule has 0 saturated carbocycles. The molecule has 0 bridgehead atoms. The number of hydroxylamine groups is 2. The average Bonchev–Trinajstić information content (AvgIpc) is 3.08. The summed E-state index contributed by atoms with van der Waals surface area (Å²) in [5.74, 6) is -3.34. The van der Waals surface area contributed by atoms with Gasteiger partial charge in [0.15, 0.2) is 0 Å². The zero-order chi connectivity index (χ0) is 17.4. The van der Waals surface area contributed by atoms with Crippen LogP contribution in [0.5, 0.6) is 0 Å². The third-order valence-electron chi connectivity index (χ3n) is 3.46. The lowest BCUT2D eigenvalue weighted by Gasteiger charge is -2.11. The molecule has 0 N–H and O–H groups in total. The molecule has 24 heavy (non-hydrogen) atoms. The molecular formula is C16H11NO7. The Bertz CT molecular complexity index is 845. The van der Waals surface area contributed by atoms with Gasteiger partial charge in [-0.1, -0.05) is 17.2 Å². The molecule has 0 aliphatic carbocycles. The molecule has 3 rings (SSSR count). The molecule has 0 saturated heterocycles. The van der Waals surface area contributed by atoms with Gasteiger partial charge in [0.25, 0.3) is 11.8 Å². The highest BCUT2D eigenvalue weighted by Crippen LogP contribution is 2.24. The smallest absolute Gasteiger partial charge is 0.373 e. The normalized spacial score (nSPS) is 13.0. The minimum atomic E-state index is -0.999. The molecule has 0 spiro atoms. The van der Waals surface area contributed by atoms with Gasteiger partial charge < -0.3 is 14.0 Å². The first-order chi connectivity index (χ1) is 11.4. The number of aryl methyl sites for hydroxylation is 1. The number of amides is 2. The van der Waals surface area contributed by atoms with E-state index in [0.717, 1.165) is 13.2 Å². The minimum Gasteiger partial charge on any atom is -0.463 e. The number of ether oxygens (including phenoxy) is 1. The summed E-state index contributed by atoms with van der Waals surface area (Å²) in [5, 5.41) is 0.386. The van der Waals surface area contributed by atoms with E-state index in [0.29, 0.717) is 5.06 Å². The molecule has 0 radical (unpaired) electrons. The standard InChI is InChI=1S/C16H11NO7/c1-8-11(7-12(23-8)16(21)22-2)15(20)24-17-13(18)9-5-3-4-6-10(9)14(17)19/h3-7H,1-2H3. The Labute approximate surface area is 135 Å². The third-order valence-corrected chi connectivity index (χ3v) is 3.46. The molecule has 1 aliphatic rings. The van der Waals surface area contributed by atoms with Gasteiger partial charge in [0, 0.05) is 6.07 Å². The third kappa shape index (κ3) is 2.34. The molecule has 1 aliphatic heterocycles. The van der Waals surface area contributed by atoms with Crippen LogP contribution in [0.15, 0.2) is 34.7 Å². The van der Waals surface area contributed by atoms with Crippen LogP contribution in [0.2, 0.25) is 0 Å². The van der Waals surface area contributed by atoms with Gasteiger partial charge >= 0.3 is 11.9 Å². The zero-order valence-electron chi connectivity index (χ0n) is 12.7. The lowest BCUT2D eigenvalue weighted by Crippen LogP contribution is -2.32. The van der Waals surface area contributed by atoms with Crippen LogP contribution in [-0.4, -0.2) is 35.9 Å². The number of esters is 1. The van der Waals surface area contributed by atoms with Gasteiger partial charge in [-0.3, -0.25) is 9.59 Å². The predicted octanol–water partition coefficient (Wildman–Crippen LogP) is 1.74. The van der Waals surface area contributed by atoms with E-state index in [-0.39, 0.29) is 28.2 Å². The molecule has 2 aromatic rings. The van der Waals surface area contributed by atoms with Crippen LogP contribution in [0.3, 0.4) is 0 Å². The topological polar surface area (TPSA) is 103 Å². The van der Waals surface area contributed by atoms with Gasteiger partial charge in [-0.05, 0) is 19.1 Å². The second-order valence-electron chi connectivity index (χ2n) is 4.90.